The first kappa shape index (κ1) is 22.0. The normalized spacial score (nSPS) is 20.1. The maximum Gasteiger partial charge on any atom is 0.419 e. The number of alkyl carbamates (subject to hydrolysis) is 1. The molecular formula is C19H24F3N5O3. The number of carbonyl (C=O) groups is 1. The van der Waals surface area contributed by atoms with Crippen molar-refractivity contribution in [1.82, 2.24) is 25.4 Å². The van der Waals surface area contributed by atoms with Gasteiger partial charge in [-0.05, 0) is 52.4 Å². The van der Waals surface area contributed by atoms with Gasteiger partial charge in [0.25, 0.3) is 0 Å². The Kier molecular flexibility index (Phi) is 6.27. The average Bonchev–Trinajstić information content (AvgIpc) is 3.15. The monoisotopic (exact) mass is 427 g/mol. The van der Waals surface area contributed by atoms with E-state index in [1.165, 1.54) is 0 Å². The zero-order valence-corrected chi connectivity index (χ0v) is 17.0. The Morgan fingerprint density at radius 3 is 2.33 bits per heavy atom. The second-order valence-electron chi connectivity index (χ2n) is 8.35. The Bertz CT molecular complexity index is 854. The summed E-state index contributed by atoms with van der Waals surface area (Å²) in [5.74, 6) is 0.848. The summed E-state index contributed by atoms with van der Waals surface area (Å²) in [6, 6.07) is 0. The number of aromatic nitrogens is 4. The van der Waals surface area contributed by atoms with E-state index in [1.54, 1.807) is 0 Å². The van der Waals surface area contributed by atoms with Gasteiger partial charge < -0.3 is 14.6 Å². The molecule has 0 radical (unpaired) electrons. The topological polar surface area (TPSA) is 103 Å². The SMILES string of the molecule is CC(C)(C)OC(=O)NC[C@H]1CC[C@H](c2nc(-c3ncc(C(F)(F)F)cn3)no2)CC1. The Hall–Kier alpha value is -2.72. The summed E-state index contributed by atoms with van der Waals surface area (Å²) in [5, 5.41) is 6.60. The van der Waals surface area contributed by atoms with Crippen LogP contribution >= 0.6 is 0 Å². The van der Waals surface area contributed by atoms with Crippen LogP contribution in [0.2, 0.25) is 0 Å². The molecule has 1 aliphatic rings. The maximum atomic E-state index is 12.6. The third-order valence-corrected chi connectivity index (χ3v) is 4.75. The van der Waals surface area contributed by atoms with Crippen LogP contribution in [0.4, 0.5) is 18.0 Å². The summed E-state index contributed by atoms with van der Waals surface area (Å²) in [6.07, 6.45) is -0.195. The zero-order valence-electron chi connectivity index (χ0n) is 17.0. The molecule has 11 heteroatoms. The molecule has 0 bridgehead atoms. The number of alkyl halides is 3. The summed E-state index contributed by atoms with van der Waals surface area (Å²) in [7, 11) is 0. The van der Waals surface area contributed by atoms with Gasteiger partial charge >= 0.3 is 12.3 Å². The van der Waals surface area contributed by atoms with Gasteiger partial charge in [-0.25, -0.2) is 14.8 Å². The van der Waals surface area contributed by atoms with Crippen LogP contribution in [-0.2, 0) is 10.9 Å². The Labute approximate surface area is 171 Å². The van der Waals surface area contributed by atoms with Crippen molar-refractivity contribution >= 4 is 6.09 Å². The van der Waals surface area contributed by atoms with E-state index in [-0.39, 0.29) is 17.6 Å². The van der Waals surface area contributed by atoms with Crippen molar-refractivity contribution in [3.05, 3.63) is 23.8 Å². The van der Waals surface area contributed by atoms with Crippen LogP contribution < -0.4 is 5.32 Å². The van der Waals surface area contributed by atoms with Gasteiger partial charge in [0.1, 0.15) is 5.60 Å². The highest BCUT2D eigenvalue weighted by Crippen LogP contribution is 2.35. The first-order valence-corrected chi connectivity index (χ1v) is 9.71. The lowest BCUT2D eigenvalue weighted by Gasteiger charge is -2.27. The number of nitrogens with zero attached hydrogens (tertiary/aromatic N) is 4. The summed E-state index contributed by atoms with van der Waals surface area (Å²) in [5.41, 5.74) is -1.47. The van der Waals surface area contributed by atoms with Gasteiger partial charge in [-0.1, -0.05) is 5.16 Å². The van der Waals surface area contributed by atoms with Gasteiger partial charge in [0, 0.05) is 24.9 Å². The van der Waals surface area contributed by atoms with Crippen molar-refractivity contribution < 1.29 is 27.2 Å². The first-order valence-electron chi connectivity index (χ1n) is 9.71. The van der Waals surface area contributed by atoms with Gasteiger partial charge in [-0.2, -0.15) is 18.2 Å². The van der Waals surface area contributed by atoms with Gasteiger partial charge in [0.05, 0.1) is 5.56 Å². The number of halogens is 3. The second kappa shape index (κ2) is 8.57. The number of rotatable bonds is 4. The zero-order chi connectivity index (χ0) is 21.9. The van der Waals surface area contributed by atoms with Crippen LogP contribution in [0.15, 0.2) is 16.9 Å². The first-order chi connectivity index (χ1) is 14.0. The lowest BCUT2D eigenvalue weighted by atomic mass is 9.82. The molecule has 2 aromatic heterocycles. The molecule has 0 saturated heterocycles. The van der Waals surface area contributed by atoms with Crippen molar-refractivity contribution in [2.24, 2.45) is 5.92 Å². The van der Waals surface area contributed by atoms with E-state index in [4.69, 9.17) is 9.26 Å². The molecule has 2 heterocycles. The molecule has 0 unspecified atom stereocenters. The van der Waals surface area contributed by atoms with Crippen molar-refractivity contribution in [3.63, 3.8) is 0 Å². The summed E-state index contributed by atoms with van der Waals surface area (Å²) >= 11 is 0. The molecule has 0 atom stereocenters. The Balaban J connectivity index is 1.51. The predicted molar refractivity (Wildman–Crippen MR) is 99.3 cm³/mol. The average molecular weight is 427 g/mol. The minimum Gasteiger partial charge on any atom is -0.444 e. The number of hydrogen-bond donors (Lipinski definition) is 1. The Morgan fingerprint density at radius 1 is 1.13 bits per heavy atom. The minimum atomic E-state index is -4.50. The Morgan fingerprint density at radius 2 is 1.77 bits per heavy atom. The number of carbonyl (C=O) groups excluding carboxylic acids is 1. The molecule has 8 nitrogen and oxygen atoms in total. The third-order valence-electron chi connectivity index (χ3n) is 4.75. The van der Waals surface area contributed by atoms with E-state index in [0.717, 1.165) is 25.7 Å². The molecule has 2 aromatic rings. The van der Waals surface area contributed by atoms with Crippen LogP contribution in [0.5, 0.6) is 0 Å². The number of ether oxygens (including phenoxy) is 1. The van der Waals surface area contributed by atoms with Crippen LogP contribution in [-0.4, -0.2) is 38.3 Å². The van der Waals surface area contributed by atoms with E-state index >= 15 is 0 Å². The van der Waals surface area contributed by atoms with Crippen molar-refractivity contribution in [3.8, 4) is 11.6 Å². The molecule has 1 aliphatic carbocycles. The standard InChI is InChI=1S/C19H24F3N5O3/c1-18(2,3)29-17(28)25-8-11-4-6-12(7-5-11)16-26-15(27-30-16)14-23-9-13(10-24-14)19(20,21)22/h9-12H,4-8H2,1-3H3,(H,25,28)/t11-,12-. The number of nitrogens with one attached hydrogen (secondary N) is 1. The molecule has 0 spiro atoms. The third kappa shape index (κ3) is 5.90. The molecule has 1 amide bonds. The van der Waals surface area contributed by atoms with E-state index in [1.807, 2.05) is 20.8 Å². The molecular weight excluding hydrogens is 403 g/mol. The molecule has 1 fully saturated rings. The van der Waals surface area contributed by atoms with Crippen molar-refractivity contribution in [2.45, 2.75) is 64.1 Å². The smallest absolute Gasteiger partial charge is 0.419 e. The summed E-state index contributed by atoms with van der Waals surface area (Å²) in [4.78, 5) is 23.4. The fraction of sp³-hybridized carbons (Fsp3) is 0.632. The largest absolute Gasteiger partial charge is 0.444 e. The van der Waals surface area contributed by atoms with Crippen molar-refractivity contribution in [2.75, 3.05) is 6.54 Å². The van der Waals surface area contributed by atoms with E-state index < -0.39 is 23.4 Å². The van der Waals surface area contributed by atoms with E-state index in [9.17, 15) is 18.0 Å². The quantitative estimate of drug-likeness (QED) is 0.774. The maximum absolute atomic E-state index is 12.6. The van der Waals surface area contributed by atoms with Crippen LogP contribution in [0.25, 0.3) is 11.6 Å². The van der Waals surface area contributed by atoms with Gasteiger partial charge in [-0.15, -0.1) is 0 Å². The van der Waals surface area contributed by atoms with Crippen LogP contribution in [0.1, 0.15) is 63.8 Å². The highest BCUT2D eigenvalue weighted by molar-refractivity contribution is 5.67. The number of amides is 1. The molecule has 1 N–H and O–H groups in total. The molecule has 164 valence electrons. The summed E-state index contributed by atoms with van der Waals surface area (Å²) < 4.78 is 48.4. The predicted octanol–water partition coefficient (Wildman–Crippen LogP) is 4.34. The van der Waals surface area contributed by atoms with Gasteiger partial charge in [0.2, 0.25) is 17.5 Å². The molecule has 1 saturated carbocycles. The fourth-order valence-electron chi connectivity index (χ4n) is 3.24. The van der Waals surface area contributed by atoms with E-state index in [2.05, 4.69) is 25.4 Å². The lowest BCUT2D eigenvalue weighted by molar-refractivity contribution is -0.138. The van der Waals surface area contributed by atoms with Gasteiger partial charge in [0.15, 0.2) is 0 Å². The highest BCUT2D eigenvalue weighted by atomic mass is 19.4. The highest BCUT2D eigenvalue weighted by Gasteiger charge is 2.32. The molecule has 0 aromatic carbocycles. The second-order valence-corrected chi connectivity index (χ2v) is 8.35. The van der Waals surface area contributed by atoms with E-state index in [0.29, 0.717) is 30.7 Å². The number of hydrogen-bond acceptors (Lipinski definition) is 7. The molecule has 0 aliphatic heterocycles. The van der Waals surface area contributed by atoms with Crippen LogP contribution in [0.3, 0.4) is 0 Å². The lowest BCUT2D eigenvalue weighted by Crippen LogP contribution is -2.36. The minimum absolute atomic E-state index is 0.0201. The molecule has 3 rings (SSSR count). The molecule has 30 heavy (non-hydrogen) atoms. The van der Waals surface area contributed by atoms with Crippen molar-refractivity contribution in [1.29, 1.82) is 0 Å². The fourth-order valence-corrected chi connectivity index (χ4v) is 3.24. The summed E-state index contributed by atoms with van der Waals surface area (Å²) in [6.45, 7) is 5.97. The van der Waals surface area contributed by atoms with Crippen LogP contribution in [0, 0.1) is 5.92 Å². The van der Waals surface area contributed by atoms with Gasteiger partial charge in [-0.3, -0.25) is 0 Å².